The summed E-state index contributed by atoms with van der Waals surface area (Å²) in [6.07, 6.45) is 0. The number of nitro benzene ring substituents is 1. The standard InChI is InChI=1S/C12H17FN2O3/c1-9(2)14-5-6-18-8-10-7-11(13)3-4-12(10)15(16)17/h3-4,7,9,14H,5-6,8H2,1-2H3. The van der Waals surface area contributed by atoms with E-state index in [9.17, 15) is 14.5 Å². The van der Waals surface area contributed by atoms with Gasteiger partial charge >= 0.3 is 0 Å². The summed E-state index contributed by atoms with van der Waals surface area (Å²) < 4.78 is 18.3. The normalized spacial score (nSPS) is 10.9. The highest BCUT2D eigenvalue weighted by Gasteiger charge is 2.14. The van der Waals surface area contributed by atoms with Gasteiger partial charge < -0.3 is 10.1 Å². The van der Waals surface area contributed by atoms with Crippen molar-refractivity contribution in [3.63, 3.8) is 0 Å². The molecule has 0 unspecified atom stereocenters. The summed E-state index contributed by atoms with van der Waals surface area (Å²) in [7, 11) is 0. The third-order valence-electron chi connectivity index (χ3n) is 2.29. The number of benzene rings is 1. The fourth-order valence-corrected chi connectivity index (χ4v) is 1.45. The van der Waals surface area contributed by atoms with Crippen molar-refractivity contribution in [2.24, 2.45) is 0 Å². The summed E-state index contributed by atoms with van der Waals surface area (Å²) in [5, 5.41) is 13.9. The van der Waals surface area contributed by atoms with Gasteiger partial charge in [-0.15, -0.1) is 0 Å². The first-order valence-corrected chi connectivity index (χ1v) is 5.74. The van der Waals surface area contributed by atoms with Crippen LogP contribution in [0.5, 0.6) is 0 Å². The molecule has 100 valence electrons. The SMILES string of the molecule is CC(C)NCCOCc1cc(F)ccc1[N+](=O)[O-]. The summed E-state index contributed by atoms with van der Waals surface area (Å²) in [6.45, 7) is 5.13. The van der Waals surface area contributed by atoms with Crippen molar-refractivity contribution in [1.82, 2.24) is 5.32 Å². The Morgan fingerprint density at radius 1 is 1.50 bits per heavy atom. The van der Waals surface area contributed by atoms with Crippen LogP contribution in [-0.4, -0.2) is 24.1 Å². The summed E-state index contributed by atoms with van der Waals surface area (Å²) in [6, 6.07) is 3.72. The molecule has 0 fully saturated rings. The number of hydrogen-bond acceptors (Lipinski definition) is 4. The second-order valence-electron chi connectivity index (χ2n) is 4.19. The van der Waals surface area contributed by atoms with Crippen LogP contribution < -0.4 is 5.32 Å². The molecule has 0 saturated heterocycles. The molecule has 5 nitrogen and oxygen atoms in total. The average molecular weight is 256 g/mol. The maximum atomic E-state index is 13.0. The minimum atomic E-state index is -0.537. The zero-order valence-corrected chi connectivity index (χ0v) is 10.5. The van der Waals surface area contributed by atoms with Crippen molar-refractivity contribution in [2.75, 3.05) is 13.2 Å². The Kier molecular flexibility index (Phi) is 5.67. The van der Waals surface area contributed by atoms with Gasteiger partial charge in [-0.3, -0.25) is 10.1 Å². The Morgan fingerprint density at radius 2 is 2.22 bits per heavy atom. The fourth-order valence-electron chi connectivity index (χ4n) is 1.45. The highest BCUT2D eigenvalue weighted by molar-refractivity contribution is 5.39. The number of hydrogen-bond donors (Lipinski definition) is 1. The van der Waals surface area contributed by atoms with Gasteiger partial charge in [0.25, 0.3) is 5.69 Å². The second-order valence-corrected chi connectivity index (χ2v) is 4.19. The highest BCUT2D eigenvalue weighted by atomic mass is 19.1. The van der Waals surface area contributed by atoms with Crippen molar-refractivity contribution >= 4 is 5.69 Å². The Morgan fingerprint density at radius 3 is 2.83 bits per heavy atom. The molecular formula is C12H17FN2O3. The lowest BCUT2D eigenvalue weighted by Crippen LogP contribution is -2.26. The molecule has 0 aliphatic carbocycles. The maximum Gasteiger partial charge on any atom is 0.275 e. The van der Waals surface area contributed by atoms with Gasteiger partial charge in [0.05, 0.1) is 23.7 Å². The predicted octanol–water partition coefficient (Wildman–Crippen LogP) is 2.25. The summed E-state index contributed by atoms with van der Waals surface area (Å²) in [5.74, 6) is -0.500. The van der Waals surface area contributed by atoms with Gasteiger partial charge in [-0.25, -0.2) is 4.39 Å². The zero-order chi connectivity index (χ0) is 13.5. The van der Waals surface area contributed by atoms with Crippen LogP contribution in [0.4, 0.5) is 10.1 Å². The van der Waals surface area contributed by atoms with Crippen molar-refractivity contribution in [3.8, 4) is 0 Å². The first kappa shape index (κ1) is 14.5. The second kappa shape index (κ2) is 7.03. The molecule has 0 amide bonds. The van der Waals surface area contributed by atoms with E-state index in [2.05, 4.69) is 5.32 Å². The van der Waals surface area contributed by atoms with Crippen LogP contribution in [-0.2, 0) is 11.3 Å². The molecule has 6 heteroatoms. The van der Waals surface area contributed by atoms with Crippen LogP contribution >= 0.6 is 0 Å². The van der Waals surface area contributed by atoms with Gasteiger partial charge in [0.15, 0.2) is 0 Å². The first-order chi connectivity index (χ1) is 8.50. The van der Waals surface area contributed by atoms with Gasteiger partial charge in [0, 0.05) is 18.7 Å². The lowest BCUT2D eigenvalue weighted by molar-refractivity contribution is -0.386. The van der Waals surface area contributed by atoms with Crippen LogP contribution in [0.1, 0.15) is 19.4 Å². The van der Waals surface area contributed by atoms with E-state index in [1.54, 1.807) is 0 Å². The van der Waals surface area contributed by atoms with Crippen molar-refractivity contribution in [3.05, 3.63) is 39.7 Å². The summed E-state index contributed by atoms with van der Waals surface area (Å²) in [5.41, 5.74) is 0.137. The maximum absolute atomic E-state index is 13.0. The molecule has 1 rings (SSSR count). The average Bonchev–Trinajstić information content (AvgIpc) is 2.27. The number of nitrogens with zero attached hydrogens (tertiary/aromatic N) is 1. The Hall–Kier alpha value is -1.53. The number of ether oxygens (including phenoxy) is 1. The fraction of sp³-hybridized carbons (Fsp3) is 0.500. The van der Waals surface area contributed by atoms with Crippen molar-refractivity contribution in [1.29, 1.82) is 0 Å². The zero-order valence-electron chi connectivity index (χ0n) is 10.5. The van der Waals surface area contributed by atoms with Gasteiger partial charge in [0.2, 0.25) is 0 Å². The molecule has 0 aliphatic rings. The molecule has 0 aliphatic heterocycles. The minimum Gasteiger partial charge on any atom is -0.375 e. The van der Waals surface area contributed by atoms with E-state index in [-0.39, 0.29) is 17.9 Å². The van der Waals surface area contributed by atoms with Gasteiger partial charge in [-0.2, -0.15) is 0 Å². The van der Waals surface area contributed by atoms with Crippen LogP contribution in [0.3, 0.4) is 0 Å². The molecule has 1 N–H and O–H groups in total. The molecule has 0 radical (unpaired) electrons. The molecule has 0 spiro atoms. The molecule has 0 atom stereocenters. The molecular weight excluding hydrogens is 239 g/mol. The molecule has 18 heavy (non-hydrogen) atoms. The minimum absolute atomic E-state index is 0.0356. The van der Waals surface area contributed by atoms with E-state index < -0.39 is 10.7 Å². The number of rotatable bonds is 7. The Bertz CT molecular complexity index is 410. The first-order valence-electron chi connectivity index (χ1n) is 5.74. The molecule has 0 saturated carbocycles. The quantitative estimate of drug-likeness (QED) is 0.461. The van der Waals surface area contributed by atoms with E-state index in [0.29, 0.717) is 19.2 Å². The van der Waals surface area contributed by atoms with Crippen LogP contribution in [0, 0.1) is 15.9 Å². The molecule has 0 aromatic heterocycles. The third-order valence-corrected chi connectivity index (χ3v) is 2.29. The molecule has 0 heterocycles. The van der Waals surface area contributed by atoms with E-state index >= 15 is 0 Å². The Labute approximate surface area is 105 Å². The van der Waals surface area contributed by atoms with E-state index in [4.69, 9.17) is 4.74 Å². The lowest BCUT2D eigenvalue weighted by atomic mass is 10.2. The monoisotopic (exact) mass is 256 g/mol. The van der Waals surface area contributed by atoms with Crippen LogP contribution in [0.2, 0.25) is 0 Å². The third kappa shape index (κ3) is 4.77. The van der Waals surface area contributed by atoms with Gasteiger partial charge in [0.1, 0.15) is 5.82 Å². The lowest BCUT2D eigenvalue weighted by Gasteiger charge is -2.08. The summed E-state index contributed by atoms with van der Waals surface area (Å²) >= 11 is 0. The largest absolute Gasteiger partial charge is 0.375 e. The smallest absolute Gasteiger partial charge is 0.275 e. The Balaban J connectivity index is 2.50. The van der Waals surface area contributed by atoms with E-state index in [1.807, 2.05) is 13.8 Å². The van der Waals surface area contributed by atoms with E-state index in [1.165, 1.54) is 0 Å². The van der Waals surface area contributed by atoms with Crippen LogP contribution in [0.15, 0.2) is 18.2 Å². The number of nitrogens with one attached hydrogen (secondary N) is 1. The van der Waals surface area contributed by atoms with Gasteiger partial charge in [-0.05, 0) is 12.1 Å². The molecule has 1 aromatic carbocycles. The highest BCUT2D eigenvalue weighted by Crippen LogP contribution is 2.20. The van der Waals surface area contributed by atoms with E-state index in [0.717, 1.165) is 18.2 Å². The number of nitro groups is 1. The van der Waals surface area contributed by atoms with Crippen molar-refractivity contribution in [2.45, 2.75) is 26.5 Å². The topological polar surface area (TPSA) is 64.4 Å². The summed E-state index contributed by atoms with van der Waals surface area (Å²) in [4.78, 5) is 10.2. The van der Waals surface area contributed by atoms with Gasteiger partial charge in [-0.1, -0.05) is 13.8 Å². The van der Waals surface area contributed by atoms with Crippen LogP contribution in [0.25, 0.3) is 0 Å². The predicted molar refractivity (Wildman–Crippen MR) is 65.8 cm³/mol. The van der Waals surface area contributed by atoms with Crippen molar-refractivity contribution < 1.29 is 14.1 Å². The molecule has 0 bridgehead atoms. The number of halogens is 1. The molecule has 1 aromatic rings.